The van der Waals surface area contributed by atoms with Crippen LogP contribution in [0.2, 0.25) is 0 Å². The van der Waals surface area contributed by atoms with Crippen LogP contribution in [0.5, 0.6) is 0 Å². The van der Waals surface area contributed by atoms with Gasteiger partial charge in [0.25, 0.3) is 0 Å². The van der Waals surface area contributed by atoms with Crippen molar-refractivity contribution in [2.24, 2.45) is 0 Å². The molecular formula is C14H12F4O. The Morgan fingerprint density at radius 1 is 1.00 bits per heavy atom. The molecule has 19 heavy (non-hydrogen) atoms. The van der Waals surface area contributed by atoms with Gasteiger partial charge >= 0.3 is 0 Å². The Labute approximate surface area is 107 Å². The maximum Gasteiger partial charge on any atom is 0.197 e. The predicted octanol–water partition coefficient (Wildman–Crippen LogP) is 3.79. The first kappa shape index (κ1) is 12.7. The summed E-state index contributed by atoms with van der Waals surface area (Å²) >= 11 is 0. The smallest absolute Gasteiger partial charge is 0.197 e. The van der Waals surface area contributed by atoms with Crippen molar-refractivity contribution in [1.29, 1.82) is 0 Å². The van der Waals surface area contributed by atoms with E-state index in [2.05, 4.69) is 0 Å². The summed E-state index contributed by atoms with van der Waals surface area (Å²) < 4.78 is 59.9. The second kappa shape index (κ2) is 4.07. The summed E-state index contributed by atoms with van der Waals surface area (Å²) in [6, 6.07) is 0. The van der Waals surface area contributed by atoms with Gasteiger partial charge in [0.15, 0.2) is 23.3 Å². The lowest BCUT2D eigenvalue weighted by Crippen LogP contribution is -2.21. The number of hydrogen-bond donors (Lipinski definition) is 0. The minimum atomic E-state index is -1.74. The molecule has 0 saturated heterocycles. The average Bonchev–Trinajstić information content (AvgIpc) is 2.75. The first-order chi connectivity index (χ1) is 8.97. The first-order valence-corrected chi connectivity index (χ1v) is 6.04. The molecule has 0 saturated carbocycles. The van der Waals surface area contributed by atoms with Crippen LogP contribution >= 0.6 is 0 Å². The van der Waals surface area contributed by atoms with Gasteiger partial charge in [0.1, 0.15) is 0 Å². The lowest BCUT2D eigenvalue weighted by Gasteiger charge is -2.26. The summed E-state index contributed by atoms with van der Waals surface area (Å²) in [6.45, 7) is 1.76. The molecule has 0 aliphatic heterocycles. The average molecular weight is 272 g/mol. The molecule has 1 aromatic rings. The van der Waals surface area contributed by atoms with Crippen molar-refractivity contribution in [3.8, 4) is 0 Å². The minimum absolute atomic E-state index is 0.0466. The van der Waals surface area contributed by atoms with E-state index in [1.165, 1.54) is 7.11 Å². The number of halogens is 4. The van der Waals surface area contributed by atoms with Crippen molar-refractivity contribution in [3.63, 3.8) is 0 Å². The predicted molar refractivity (Wildman–Crippen MR) is 60.9 cm³/mol. The lowest BCUT2D eigenvalue weighted by atomic mass is 9.85. The van der Waals surface area contributed by atoms with E-state index >= 15 is 0 Å². The molecule has 2 aliphatic rings. The number of hydrogen-bond acceptors (Lipinski definition) is 1. The molecule has 5 heteroatoms. The molecule has 1 nitrogen and oxygen atoms in total. The molecule has 0 N–H and O–H groups in total. The highest BCUT2D eigenvalue weighted by Crippen LogP contribution is 2.53. The van der Waals surface area contributed by atoms with Gasteiger partial charge in [-0.15, -0.1) is 0 Å². The Hall–Kier alpha value is -1.36. The Balaban J connectivity index is 2.31. The molecule has 0 aromatic heterocycles. The number of ether oxygens (including phenoxy) is 1. The van der Waals surface area contributed by atoms with E-state index in [0.717, 1.165) is 5.57 Å². The Kier molecular flexibility index (Phi) is 2.71. The third-order valence-electron chi connectivity index (χ3n) is 4.20. The van der Waals surface area contributed by atoms with Crippen LogP contribution in [0.3, 0.4) is 0 Å². The van der Waals surface area contributed by atoms with Crippen LogP contribution in [-0.2, 0) is 4.74 Å². The zero-order valence-corrected chi connectivity index (χ0v) is 10.4. The Morgan fingerprint density at radius 3 is 2.16 bits per heavy atom. The van der Waals surface area contributed by atoms with Crippen LogP contribution < -0.4 is 0 Å². The molecular weight excluding hydrogens is 260 g/mol. The van der Waals surface area contributed by atoms with Crippen molar-refractivity contribution in [1.82, 2.24) is 0 Å². The van der Waals surface area contributed by atoms with Gasteiger partial charge < -0.3 is 4.74 Å². The summed E-state index contributed by atoms with van der Waals surface area (Å²) in [5.41, 5.74) is 0.683. The fourth-order valence-electron chi connectivity index (χ4n) is 3.29. The molecule has 2 aliphatic carbocycles. The van der Waals surface area contributed by atoms with Crippen molar-refractivity contribution in [2.75, 3.05) is 7.11 Å². The van der Waals surface area contributed by atoms with E-state index in [4.69, 9.17) is 4.74 Å². The molecule has 2 bridgehead atoms. The van der Waals surface area contributed by atoms with Gasteiger partial charge in [-0.3, -0.25) is 0 Å². The second-order valence-corrected chi connectivity index (χ2v) is 5.09. The summed E-state index contributed by atoms with van der Waals surface area (Å²) in [4.78, 5) is 0. The van der Waals surface area contributed by atoms with Gasteiger partial charge in [-0.1, -0.05) is 11.6 Å². The van der Waals surface area contributed by atoms with Crippen molar-refractivity contribution >= 4 is 0 Å². The van der Waals surface area contributed by atoms with Gasteiger partial charge in [0, 0.05) is 30.1 Å². The number of allylic oxidation sites excluding steroid dienone is 1. The van der Waals surface area contributed by atoms with Crippen LogP contribution in [-0.4, -0.2) is 13.2 Å². The standard InChI is InChI=1S/C14H12F4O/c1-5-3-8(19-2)7-4-6(5)9-10(7)12(16)14(18)13(17)11(9)15/h3,6-8H,4H2,1-2H3/t6-,7+,8+/m1/s1. The van der Waals surface area contributed by atoms with Crippen molar-refractivity contribution in [3.05, 3.63) is 46.0 Å². The highest BCUT2D eigenvalue weighted by molar-refractivity contribution is 5.49. The van der Waals surface area contributed by atoms with Crippen LogP contribution in [0.1, 0.15) is 36.3 Å². The van der Waals surface area contributed by atoms with Crippen LogP contribution in [0, 0.1) is 23.3 Å². The minimum Gasteiger partial charge on any atom is -0.377 e. The Morgan fingerprint density at radius 2 is 1.58 bits per heavy atom. The SMILES string of the molecule is CO[C@H]1C=C(C)[C@H]2C[C@@H]1c1c(F)c(F)c(F)c(F)c12. The van der Waals surface area contributed by atoms with E-state index < -0.39 is 41.2 Å². The summed E-state index contributed by atoms with van der Waals surface area (Å²) in [5, 5.41) is 0. The number of methoxy groups -OCH3 is 1. The van der Waals surface area contributed by atoms with Gasteiger partial charge in [0.05, 0.1) is 6.10 Å². The maximum absolute atomic E-state index is 14.0. The van der Waals surface area contributed by atoms with Crippen molar-refractivity contribution in [2.45, 2.75) is 31.3 Å². The van der Waals surface area contributed by atoms with Crippen molar-refractivity contribution < 1.29 is 22.3 Å². The summed E-state index contributed by atoms with van der Waals surface area (Å²) in [6.07, 6.45) is 1.76. The van der Waals surface area contributed by atoms with Gasteiger partial charge in [-0.05, 0) is 13.3 Å². The van der Waals surface area contributed by atoms with E-state index in [-0.39, 0.29) is 11.1 Å². The van der Waals surface area contributed by atoms with Gasteiger partial charge in [-0.25, -0.2) is 17.6 Å². The van der Waals surface area contributed by atoms with Crippen LogP contribution in [0.4, 0.5) is 17.6 Å². The molecule has 0 radical (unpaired) electrons. The normalized spacial score (nSPS) is 28.3. The molecule has 3 atom stereocenters. The fraction of sp³-hybridized carbons (Fsp3) is 0.429. The topological polar surface area (TPSA) is 9.23 Å². The molecule has 0 amide bonds. The lowest BCUT2D eigenvalue weighted by molar-refractivity contribution is 0.109. The van der Waals surface area contributed by atoms with Gasteiger partial charge in [-0.2, -0.15) is 0 Å². The highest BCUT2D eigenvalue weighted by Gasteiger charge is 2.45. The fourth-order valence-corrected chi connectivity index (χ4v) is 3.29. The molecule has 0 spiro atoms. The third-order valence-corrected chi connectivity index (χ3v) is 4.20. The second-order valence-electron chi connectivity index (χ2n) is 5.09. The Bertz CT molecular complexity index is 594. The summed E-state index contributed by atoms with van der Waals surface area (Å²) in [7, 11) is 1.46. The molecule has 102 valence electrons. The number of fused-ring (bicyclic) bond motifs is 5. The molecule has 0 fully saturated rings. The molecule has 0 unspecified atom stereocenters. The number of rotatable bonds is 1. The quantitative estimate of drug-likeness (QED) is 0.327. The van der Waals surface area contributed by atoms with Crippen LogP contribution in [0.25, 0.3) is 0 Å². The molecule has 1 aromatic carbocycles. The third kappa shape index (κ3) is 1.51. The van der Waals surface area contributed by atoms with E-state index in [0.29, 0.717) is 6.42 Å². The van der Waals surface area contributed by atoms with E-state index in [9.17, 15) is 17.6 Å². The summed E-state index contributed by atoms with van der Waals surface area (Å²) in [5.74, 6) is -6.88. The highest BCUT2D eigenvalue weighted by atomic mass is 19.2. The van der Waals surface area contributed by atoms with E-state index in [1.807, 2.05) is 0 Å². The first-order valence-electron chi connectivity index (χ1n) is 6.04. The van der Waals surface area contributed by atoms with Gasteiger partial charge in [0.2, 0.25) is 0 Å². The zero-order chi connectivity index (χ0) is 13.9. The number of benzene rings is 1. The maximum atomic E-state index is 14.0. The zero-order valence-electron chi connectivity index (χ0n) is 10.4. The van der Waals surface area contributed by atoms with Crippen LogP contribution in [0.15, 0.2) is 11.6 Å². The monoisotopic (exact) mass is 272 g/mol. The largest absolute Gasteiger partial charge is 0.377 e. The molecule has 0 heterocycles. The molecule has 3 rings (SSSR count). The van der Waals surface area contributed by atoms with E-state index in [1.54, 1.807) is 13.0 Å².